The van der Waals surface area contributed by atoms with Gasteiger partial charge < -0.3 is 19.1 Å². The van der Waals surface area contributed by atoms with Gasteiger partial charge in [-0.15, -0.1) is 0 Å². The van der Waals surface area contributed by atoms with Crippen molar-refractivity contribution < 1.29 is 19.1 Å². The first-order valence-electron chi connectivity index (χ1n) is 6.49. The van der Waals surface area contributed by atoms with Crippen LogP contribution in [0.2, 0.25) is 0 Å². The molecule has 1 aromatic carbocycles. The van der Waals surface area contributed by atoms with Gasteiger partial charge in [0.15, 0.2) is 11.5 Å². The van der Waals surface area contributed by atoms with Gasteiger partial charge in [-0.05, 0) is 12.1 Å². The van der Waals surface area contributed by atoms with Gasteiger partial charge in [0.1, 0.15) is 6.54 Å². The average Bonchev–Trinajstić information content (AvgIpc) is 2.47. The second kappa shape index (κ2) is 6.91. The Balaban J connectivity index is 2.23. The van der Waals surface area contributed by atoms with Gasteiger partial charge in [-0.2, -0.15) is 11.8 Å². The van der Waals surface area contributed by atoms with Crippen LogP contribution in [0.5, 0.6) is 17.2 Å². The molecule has 0 amide bonds. The fourth-order valence-electron chi connectivity index (χ4n) is 2.41. The molecule has 0 unspecified atom stereocenters. The summed E-state index contributed by atoms with van der Waals surface area (Å²) in [6.45, 7) is 3.40. The highest BCUT2D eigenvalue weighted by Gasteiger charge is 2.21. The molecular formula is C14H22NO3S+. The van der Waals surface area contributed by atoms with Crippen molar-refractivity contribution >= 4 is 11.8 Å². The van der Waals surface area contributed by atoms with Crippen molar-refractivity contribution in [1.82, 2.24) is 0 Å². The Morgan fingerprint density at radius 3 is 2.26 bits per heavy atom. The summed E-state index contributed by atoms with van der Waals surface area (Å²) in [4.78, 5) is 1.60. The van der Waals surface area contributed by atoms with Crippen LogP contribution in [-0.4, -0.2) is 45.9 Å². The lowest BCUT2D eigenvalue weighted by Gasteiger charge is -2.24. The lowest BCUT2D eigenvalue weighted by molar-refractivity contribution is -0.910. The van der Waals surface area contributed by atoms with Crippen molar-refractivity contribution in [3.8, 4) is 17.2 Å². The molecule has 0 atom stereocenters. The second-order valence-corrected chi connectivity index (χ2v) is 5.76. The Labute approximate surface area is 119 Å². The van der Waals surface area contributed by atoms with Gasteiger partial charge in [-0.3, -0.25) is 0 Å². The maximum atomic E-state index is 5.53. The number of hydrogen-bond acceptors (Lipinski definition) is 4. The van der Waals surface area contributed by atoms with Crippen LogP contribution in [0.4, 0.5) is 0 Å². The summed E-state index contributed by atoms with van der Waals surface area (Å²) in [6, 6.07) is 4.03. The summed E-state index contributed by atoms with van der Waals surface area (Å²) in [5, 5.41) is 0. The third kappa shape index (κ3) is 3.28. The van der Waals surface area contributed by atoms with Crippen LogP contribution in [0.3, 0.4) is 0 Å². The molecule has 0 aliphatic carbocycles. The van der Waals surface area contributed by atoms with Crippen LogP contribution in [0.15, 0.2) is 12.1 Å². The van der Waals surface area contributed by atoms with Crippen LogP contribution in [0.25, 0.3) is 0 Å². The number of nitrogens with one attached hydrogen (secondary N) is 1. The molecule has 2 rings (SSSR count). The SMILES string of the molecule is COc1ccc(C[NH+]2CCSCC2)c(OC)c1OC. The van der Waals surface area contributed by atoms with Crippen molar-refractivity contribution in [2.75, 3.05) is 45.9 Å². The molecule has 106 valence electrons. The minimum absolute atomic E-state index is 0.688. The zero-order valence-corrected chi connectivity index (χ0v) is 12.6. The first kappa shape index (κ1) is 14.3. The molecule has 1 heterocycles. The normalized spacial score (nSPS) is 16.2. The second-order valence-electron chi connectivity index (χ2n) is 4.53. The molecule has 0 radical (unpaired) electrons. The third-order valence-electron chi connectivity index (χ3n) is 3.43. The third-order valence-corrected chi connectivity index (χ3v) is 4.41. The molecule has 0 bridgehead atoms. The standard InChI is InChI=1S/C14H21NO3S/c1-16-12-5-4-11(13(17-2)14(12)18-3)10-15-6-8-19-9-7-15/h4-5H,6-10H2,1-3H3/p+1. The minimum atomic E-state index is 0.688. The van der Waals surface area contributed by atoms with E-state index >= 15 is 0 Å². The largest absolute Gasteiger partial charge is 0.493 e. The van der Waals surface area contributed by atoms with E-state index in [0.29, 0.717) is 11.5 Å². The molecule has 1 saturated heterocycles. The Bertz CT molecular complexity index is 419. The monoisotopic (exact) mass is 284 g/mol. The number of quaternary nitrogens is 1. The Kier molecular flexibility index (Phi) is 5.22. The van der Waals surface area contributed by atoms with Crippen LogP contribution in [-0.2, 0) is 6.54 Å². The van der Waals surface area contributed by atoms with E-state index in [9.17, 15) is 0 Å². The summed E-state index contributed by atoms with van der Waals surface area (Å²) in [7, 11) is 4.97. The maximum absolute atomic E-state index is 5.53. The first-order chi connectivity index (χ1) is 9.30. The molecule has 1 fully saturated rings. The van der Waals surface area contributed by atoms with Crippen molar-refractivity contribution in [2.24, 2.45) is 0 Å². The zero-order chi connectivity index (χ0) is 13.7. The number of thioether (sulfide) groups is 1. The van der Waals surface area contributed by atoms with E-state index in [-0.39, 0.29) is 0 Å². The molecule has 1 aliphatic rings. The molecule has 0 saturated carbocycles. The van der Waals surface area contributed by atoms with Gasteiger partial charge >= 0.3 is 0 Å². The van der Waals surface area contributed by atoms with Gasteiger partial charge in [0.2, 0.25) is 5.75 Å². The number of hydrogen-bond donors (Lipinski definition) is 1. The number of rotatable bonds is 5. The van der Waals surface area contributed by atoms with E-state index in [1.807, 2.05) is 17.8 Å². The Hall–Kier alpha value is -1.07. The number of benzene rings is 1. The van der Waals surface area contributed by atoms with Gasteiger partial charge in [-0.25, -0.2) is 0 Å². The van der Waals surface area contributed by atoms with Crippen molar-refractivity contribution in [3.05, 3.63) is 17.7 Å². The molecule has 19 heavy (non-hydrogen) atoms. The van der Waals surface area contributed by atoms with Crippen molar-refractivity contribution in [3.63, 3.8) is 0 Å². The summed E-state index contributed by atoms with van der Waals surface area (Å²) in [5.41, 5.74) is 1.18. The Morgan fingerprint density at radius 2 is 1.68 bits per heavy atom. The molecule has 0 aromatic heterocycles. The molecule has 4 nitrogen and oxygen atoms in total. The van der Waals surface area contributed by atoms with E-state index in [1.54, 1.807) is 26.2 Å². The van der Waals surface area contributed by atoms with E-state index in [2.05, 4.69) is 6.07 Å². The quantitative estimate of drug-likeness (QED) is 0.868. The Morgan fingerprint density at radius 1 is 1.00 bits per heavy atom. The van der Waals surface area contributed by atoms with Gasteiger partial charge in [0.25, 0.3) is 0 Å². The minimum Gasteiger partial charge on any atom is -0.493 e. The molecule has 5 heteroatoms. The fourth-order valence-corrected chi connectivity index (χ4v) is 3.48. The van der Waals surface area contributed by atoms with Gasteiger partial charge in [-0.1, -0.05) is 0 Å². The van der Waals surface area contributed by atoms with E-state index in [4.69, 9.17) is 14.2 Å². The van der Waals surface area contributed by atoms with Gasteiger partial charge in [0.05, 0.1) is 40.0 Å². The van der Waals surface area contributed by atoms with Crippen molar-refractivity contribution in [1.29, 1.82) is 0 Å². The molecular weight excluding hydrogens is 262 g/mol. The topological polar surface area (TPSA) is 32.1 Å². The zero-order valence-electron chi connectivity index (χ0n) is 11.8. The fraction of sp³-hybridized carbons (Fsp3) is 0.571. The summed E-state index contributed by atoms with van der Waals surface area (Å²) >= 11 is 2.04. The predicted molar refractivity (Wildman–Crippen MR) is 77.8 cm³/mol. The lowest BCUT2D eigenvalue weighted by Crippen LogP contribution is -3.12. The smallest absolute Gasteiger partial charge is 0.203 e. The highest BCUT2D eigenvalue weighted by Crippen LogP contribution is 2.39. The van der Waals surface area contributed by atoms with E-state index in [1.165, 1.54) is 30.2 Å². The number of methoxy groups -OCH3 is 3. The molecule has 0 spiro atoms. The summed E-state index contributed by atoms with van der Waals surface area (Å²) in [5.74, 6) is 4.68. The van der Waals surface area contributed by atoms with Crippen LogP contribution >= 0.6 is 11.8 Å². The predicted octanol–water partition coefficient (Wildman–Crippen LogP) is 0.844. The molecule has 1 N–H and O–H groups in total. The first-order valence-corrected chi connectivity index (χ1v) is 7.64. The number of ether oxygens (including phenoxy) is 3. The van der Waals surface area contributed by atoms with Crippen LogP contribution < -0.4 is 19.1 Å². The van der Waals surface area contributed by atoms with Crippen LogP contribution in [0, 0.1) is 0 Å². The summed E-state index contributed by atoms with van der Waals surface area (Å²) < 4.78 is 16.3. The molecule has 1 aromatic rings. The molecule has 1 aliphatic heterocycles. The lowest BCUT2D eigenvalue weighted by atomic mass is 10.1. The van der Waals surface area contributed by atoms with E-state index in [0.717, 1.165) is 12.3 Å². The highest BCUT2D eigenvalue weighted by molar-refractivity contribution is 7.99. The van der Waals surface area contributed by atoms with Crippen molar-refractivity contribution in [2.45, 2.75) is 6.54 Å². The summed E-state index contributed by atoms with van der Waals surface area (Å²) in [6.07, 6.45) is 0. The van der Waals surface area contributed by atoms with E-state index < -0.39 is 0 Å². The van der Waals surface area contributed by atoms with Crippen LogP contribution in [0.1, 0.15) is 5.56 Å². The average molecular weight is 284 g/mol. The van der Waals surface area contributed by atoms with Gasteiger partial charge in [0, 0.05) is 11.5 Å². The highest BCUT2D eigenvalue weighted by atomic mass is 32.2. The maximum Gasteiger partial charge on any atom is 0.203 e.